The molecule has 0 saturated heterocycles. The Balaban J connectivity index is 2.51. The molecule has 0 bridgehead atoms. The Hall–Kier alpha value is -1.68. The van der Waals surface area contributed by atoms with Gasteiger partial charge in [-0.1, -0.05) is 12.1 Å². The predicted molar refractivity (Wildman–Crippen MR) is 66.0 cm³/mol. The van der Waals surface area contributed by atoms with Crippen molar-refractivity contribution in [3.8, 4) is 11.3 Å². The normalized spacial score (nSPS) is 12.7. The first-order valence-electron chi connectivity index (χ1n) is 5.61. The van der Waals surface area contributed by atoms with E-state index in [-0.39, 0.29) is 11.9 Å². The second kappa shape index (κ2) is 4.67. The predicted octanol–water partition coefficient (Wildman–Crippen LogP) is 2.12. The number of rotatable bonds is 3. The van der Waals surface area contributed by atoms with Gasteiger partial charge in [0.15, 0.2) is 0 Å². The monoisotopic (exact) mass is 233 g/mol. The van der Waals surface area contributed by atoms with Gasteiger partial charge in [0.1, 0.15) is 5.82 Å². The van der Waals surface area contributed by atoms with Crippen LogP contribution in [0.25, 0.3) is 11.3 Å². The Morgan fingerprint density at radius 3 is 2.76 bits per heavy atom. The van der Waals surface area contributed by atoms with Gasteiger partial charge in [-0.15, -0.1) is 0 Å². The third-order valence-corrected chi connectivity index (χ3v) is 2.69. The molecule has 0 aliphatic heterocycles. The standard InChI is InChI=1S/C13H16FN3/c1-9(15)7-10-8-16-17(2)13(10)11-5-3-4-6-12(11)14/h3-6,8-9H,7,15H2,1-2H3. The fourth-order valence-corrected chi connectivity index (χ4v) is 1.98. The van der Waals surface area contributed by atoms with Crippen LogP contribution in [0.15, 0.2) is 30.5 Å². The molecule has 1 aromatic heterocycles. The molecular formula is C13H16FN3. The van der Waals surface area contributed by atoms with Crippen LogP contribution in [-0.2, 0) is 13.5 Å². The van der Waals surface area contributed by atoms with Gasteiger partial charge in [-0.2, -0.15) is 5.10 Å². The highest BCUT2D eigenvalue weighted by molar-refractivity contribution is 5.64. The maximum absolute atomic E-state index is 13.8. The molecule has 2 aromatic rings. The van der Waals surface area contributed by atoms with E-state index in [1.165, 1.54) is 6.07 Å². The minimum absolute atomic E-state index is 0.0322. The number of aryl methyl sites for hydroxylation is 1. The molecule has 2 N–H and O–H groups in total. The largest absolute Gasteiger partial charge is 0.328 e. The zero-order chi connectivity index (χ0) is 12.4. The second-order valence-corrected chi connectivity index (χ2v) is 4.30. The minimum atomic E-state index is -0.234. The molecule has 0 amide bonds. The molecule has 1 aromatic carbocycles. The molecule has 3 nitrogen and oxygen atoms in total. The van der Waals surface area contributed by atoms with E-state index in [0.717, 1.165) is 11.3 Å². The Morgan fingerprint density at radius 2 is 2.12 bits per heavy atom. The molecule has 0 saturated carbocycles. The molecule has 1 unspecified atom stereocenters. The van der Waals surface area contributed by atoms with E-state index in [0.29, 0.717) is 12.0 Å². The van der Waals surface area contributed by atoms with Gasteiger partial charge >= 0.3 is 0 Å². The van der Waals surface area contributed by atoms with Gasteiger partial charge in [0.25, 0.3) is 0 Å². The number of nitrogens with zero attached hydrogens (tertiary/aromatic N) is 2. The fraction of sp³-hybridized carbons (Fsp3) is 0.308. The van der Waals surface area contributed by atoms with Gasteiger partial charge in [-0.3, -0.25) is 4.68 Å². The van der Waals surface area contributed by atoms with Crippen LogP contribution in [0.5, 0.6) is 0 Å². The average molecular weight is 233 g/mol. The summed E-state index contributed by atoms with van der Waals surface area (Å²) in [6.45, 7) is 1.93. The number of benzene rings is 1. The van der Waals surface area contributed by atoms with Gasteiger partial charge in [0.2, 0.25) is 0 Å². The first-order chi connectivity index (χ1) is 8.09. The van der Waals surface area contributed by atoms with Crippen LogP contribution in [-0.4, -0.2) is 15.8 Å². The molecule has 0 aliphatic rings. The summed E-state index contributed by atoms with van der Waals surface area (Å²) >= 11 is 0. The van der Waals surface area contributed by atoms with Crippen LogP contribution in [0.4, 0.5) is 4.39 Å². The van der Waals surface area contributed by atoms with Gasteiger partial charge in [-0.25, -0.2) is 4.39 Å². The first kappa shape index (κ1) is 11.8. The summed E-state index contributed by atoms with van der Waals surface area (Å²) in [7, 11) is 1.81. The van der Waals surface area contributed by atoms with Crippen LogP contribution in [0.3, 0.4) is 0 Å². The van der Waals surface area contributed by atoms with E-state index < -0.39 is 0 Å². The molecule has 0 fully saturated rings. The van der Waals surface area contributed by atoms with Crippen molar-refractivity contribution in [1.29, 1.82) is 0 Å². The number of hydrogen-bond donors (Lipinski definition) is 1. The minimum Gasteiger partial charge on any atom is -0.328 e. The fourth-order valence-electron chi connectivity index (χ4n) is 1.98. The van der Waals surface area contributed by atoms with Crippen molar-refractivity contribution in [2.75, 3.05) is 0 Å². The van der Waals surface area contributed by atoms with Crippen LogP contribution >= 0.6 is 0 Å². The number of nitrogens with two attached hydrogens (primary N) is 1. The van der Waals surface area contributed by atoms with E-state index >= 15 is 0 Å². The van der Waals surface area contributed by atoms with Crippen molar-refractivity contribution in [2.24, 2.45) is 12.8 Å². The van der Waals surface area contributed by atoms with Crippen molar-refractivity contribution in [1.82, 2.24) is 9.78 Å². The van der Waals surface area contributed by atoms with Crippen molar-refractivity contribution in [3.05, 3.63) is 41.8 Å². The molecule has 4 heteroatoms. The lowest BCUT2D eigenvalue weighted by Crippen LogP contribution is -2.18. The van der Waals surface area contributed by atoms with E-state index in [1.807, 2.05) is 20.0 Å². The van der Waals surface area contributed by atoms with E-state index in [4.69, 9.17) is 5.73 Å². The highest BCUT2D eigenvalue weighted by Crippen LogP contribution is 2.26. The lowest BCUT2D eigenvalue weighted by molar-refractivity contribution is 0.627. The Morgan fingerprint density at radius 1 is 1.41 bits per heavy atom. The second-order valence-electron chi connectivity index (χ2n) is 4.30. The lowest BCUT2D eigenvalue weighted by Gasteiger charge is -2.09. The van der Waals surface area contributed by atoms with Gasteiger partial charge in [0, 0.05) is 18.7 Å². The van der Waals surface area contributed by atoms with E-state index in [9.17, 15) is 4.39 Å². The van der Waals surface area contributed by atoms with Crippen molar-refractivity contribution in [3.63, 3.8) is 0 Å². The summed E-state index contributed by atoms with van der Waals surface area (Å²) in [6, 6.07) is 6.75. The Kier molecular flexibility index (Phi) is 3.24. The number of hydrogen-bond acceptors (Lipinski definition) is 2. The smallest absolute Gasteiger partial charge is 0.132 e. The summed E-state index contributed by atoms with van der Waals surface area (Å²) < 4.78 is 15.5. The van der Waals surface area contributed by atoms with Crippen molar-refractivity contribution in [2.45, 2.75) is 19.4 Å². The molecule has 0 spiro atoms. The van der Waals surface area contributed by atoms with Gasteiger partial charge in [0.05, 0.1) is 11.9 Å². The highest BCUT2D eigenvalue weighted by atomic mass is 19.1. The average Bonchev–Trinajstić information content (AvgIpc) is 2.60. The quantitative estimate of drug-likeness (QED) is 0.882. The van der Waals surface area contributed by atoms with Crippen LogP contribution in [0.2, 0.25) is 0 Å². The van der Waals surface area contributed by atoms with Crippen molar-refractivity contribution < 1.29 is 4.39 Å². The molecule has 17 heavy (non-hydrogen) atoms. The van der Waals surface area contributed by atoms with E-state index in [2.05, 4.69) is 5.10 Å². The first-order valence-corrected chi connectivity index (χ1v) is 5.61. The van der Waals surface area contributed by atoms with Gasteiger partial charge < -0.3 is 5.73 Å². The van der Waals surface area contributed by atoms with Crippen molar-refractivity contribution >= 4 is 0 Å². The van der Waals surface area contributed by atoms with Crippen LogP contribution < -0.4 is 5.73 Å². The Labute approximate surface area is 100 Å². The third kappa shape index (κ3) is 2.36. The zero-order valence-corrected chi connectivity index (χ0v) is 10.0. The van der Waals surface area contributed by atoms with Crippen LogP contribution in [0.1, 0.15) is 12.5 Å². The molecular weight excluding hydrogens is 217 g/mol. The van der Waals surface area contributed by atoms with Gasteiger partial charge in [-0.05, 0) is 31.0 Å². The number of aromatic nitrogens is 2. The third-order valence-electron chi connectivity index (χ3n) is 2.69. The highest BCUT2D eigenvalue weighted by Gasteiger charge is 2.15. The molecule has 2 rings (SSSR count). The van der Waals surface area contributed by atoms with E-state index in [1.54, 1.807) is 23.0 Å². The lowest BCUT2D eigenvalue weighted by atomic mass is 10.0. The molecule has 1 atom stereocenters. The molecule has 1 heterocycles. The summed E-state index contributed by atoms with van der Waals surface area (Å²) in [6.07, 6.45) is 2.45. The summed E-state index contributed by atoms with van der Waals surface area (Å²) in [5.41, 5.74) is 8.15. The molecule has 0 aliphatic carbocycles. The molecule has 0 radical (unpaired) electrons. The van der Waals surface area contributed by atoms with Crippen LogP contribution in [0, 0.1) is 5.82 Å². The summed E-state index contributed by atoms with van der Waals surface area (Å²) in [5, 5.41) is 4.18. The Bertz CT molecular complexity index is 517. The zero-order valence-electron chi connectivity index (χ0n) is 10.0. The maximum Gasteiger partial charge on any atom is 0.132 e. The number of halogens is 1. The SMILES string of the molecule is CC(N)Cc1cnn(C)c1-c1ccccc1F. The maximum atomic E-state index is 13.8. The molecule has 90 valence electrons. The topological polar surface area (TPSA) is 43.8 Å². The summed E-state index contributed by atoms with van der Waals surface area (Å²) in [4.78, 5) is 0. The summed E-state index contributed by atoms with van der Waals surface area (Å²) in [5.74, 6) is -0.234.